The topological polar surface area (TPSA) is 56.5 Å². The van der Waals surface area contributed by atoms with Crippen LogP contribution in [0, 0.1) is 6.92 Å². The highest BCUT2D eigenvalue weighted by molar-refractivity contribution is 7.25. The Morgan fingerprint density at radius 1 is 0.349 bits per heavy atom. The molecule has 0 aliphatic carbocycles. The van der Waals surface area contributed by atoms with Crippen molar-refractivity contribution >= 4 is 85.6 Å². The molecule has 0 saturated carbocycles. The number of thiophene rings is 1. The zero-order chi connectivity index (χ0) is 41.6. The van der Waals surface area contributed by atoms with Crippen molar-refractivity contribution in [3.05, 3.63) is 200 Å². The second kappa shape index (κ2) is 14.0. The second-order valence-corrected chi connectivity index (χ2v) is 17.4. The maximum atomic E-state index is 5.30. The summed E-state index contributed by atoms with van der Waals surface area (Å²) in [5.74, 6) is 1.87. The molecule has 13 aromatic rings. The Bertz CT molecular complexity index is 3980. The van der Waals surface area contributed by atoms with Gasteiger partial charge in [0.15, 0.2) is 17.5 Å². The van der Waals surface area contributed by atoms with Gasteiger partial charge in [-0.25, -0.2) is 15.0 Å². The summed E-state index contributed by atoms with van der Waals surface area (Å²) < 4.78 is 4.84. The molecule has 4 aromatic heterocycles. The minimum absolute atomic E-state index is 0.618. The summed E-state index contributed by atoms with van der Waals surface area (Å²) in [6.45, 7) is 2.13. The predicted molar refractivity (Wildman–Crippen MR) is 264 cm³/mol. The molecule has 0 aliphatic rings. The molecule has 0 aliphatic heterocycles. The lowest BCUT2D eigenvalue weighted by Gasteiger charge is -2.11. The van der Waals surface area contributed by atoms with E-state index in [1.807, 2.05) is 35.9 Å². The van der Waals surface area contributed by atoms with Crippen LogP contribution in [0.25, 0.3) is 125 Å². The first-order valence-electron chi connectivity index (χ1n) is 21.2. The first-order chi connectivity index (χ1) is 31.1. The molecule has 0 atom stereocenters. The largest absolute Gasteiger partial charge is 0.309 e. The van der Waals surface area contributed by atoms with Gasteiger partial charge in [-0.15, -0.1) is 11.3 Å². The molecule has 5 nitrogen and oxygen atoms in total. The molecule has 0 spiro atoms. The summed E-state index contributed by atoms with van der Waals surface area (Å²) in [6.07, 6.45) is 3.65. The van der Waals surface area contributed by atoms with Crippen molar-refractivity contribution in [2.24, 2.45) is 0 Å². The summed E-state index contributed by atoms with van der Waals surface area (Å²) in [6, 6.07) is 65.5. The van der Waals surface area contributed by atoms with Gasteiger partial charge in [-0.2, -0.15) is 0 Å². The lowest BCUT2D eigenvalue weighted by Crippen LogP contribution is -2.00. The maximum Gasteiger partial charge on any atom is 0.164 e. The number of para-hydroxylation sites is 1. The zero-order valence-electron chi connectivity index (χ0n) is 34.1. The Kier molecular flexibility index (Phi) is 7.92. The first-order valence-corrected chi connectivity index (χ1v) is 22.0. The van der Waals surface area contributed by atoms with Crippen molar-refractivity contribution in [3.8, 4) is 51.0 Å². The van der Waals surface area contributed by atoms with Gasteiger partial charge in [0.25, 0.3) is 0 Å². The van der Waals surface area contributed by atoms with Crippen LogP contribution in [0.2, 0.25) is 0 Å². The minimum atomic E-state index is 0.618. The van der Waals surface area contributed by atoms with Crippen LogP contribution in [0.15, 0.2) is 194 Å². The highest BCUT2D eigenvalue weighted by atomic mass is 32.1. The minimum Gasteiger partial charge on any atom is -0.309 e. The highest BCUT2D eigenvalue weighted by Gasteiger charge is 2.19. The van der Waals surface area contributed by atoms with Crippen LogP contribution in [-0.4, -0.2) is 24.5 Å². The van der Waals surface area contributed by atoms with E-state index in [-0.39, 0.29) is 0 Å². The van der Waals surface area contributed by atoms with E-state index in [1.165, 1.54) is 63.4 Å². The number of aryl methyl sites for hydroxylation is 1. The predicted octanol–water partition coefficient (Wildman–Crippen LogP) is 15.2. The van der Waals surface area contributed by atoms with Crippen molar-refractivity contribution in [2.75, 3.05) is 0 Å². The third-order valence-corrected chi connectivity index (χ3v) is 13.7. The molecule has 0 saturated heterocycles. The van der Waals surface area contributed by atoms with Crippen LogP contribution < -0.4 is 0 Å². The van der Waals surface area contributed by atoms with Gasteiger partial charge in [0, 0.05) is 65.7 Å². The lowest BCUT2D eigenvalue weighted by molar-refractivity contribution is 1.07. The fraction of sp³-hybridized carbons (Fsp3) is 0.0175. The second-order valence-electron chi connectivity index (χ2n) is 16.3. The van der Waals surface area contributed by atoms with Crippen molar-refractivity contribution in [1.29, 1.82) is 0 Å². The molecule has 0 radical (unpaired) electrons. The van der Waals surface area contributed by atoms with E-state index in [0.29, 0.717) is 17.5 Å². The molecule has 9 aromatic carbocycles. The number of pyridine rings is 1. The quantitative estimate of drug-likeness (QED) is 0.162. The van der Waals surface area contributed by atoms with E-state index in [9.17, 15) is 0 Å². The van der Waals surface area contributed by atoms with E-state index >= 15 is 0 Å². The van der Waals surface area contributed by atoms with E-state index in [1.54, 1.807) is 0 Å². The Labute approximate surface area is 366 Å². The van der Waals surface area contributed by atoms with Crippen molar-refractivity contribution in [1.82, 2.24) is 24.5 Å². The molecular formula is C57H35N5S. The molecule has 13 rings (SSSR count). The fourth-order valence-electron chi connectivity index (χ4n) is 9.54. The molecule has 0 fully saturated rings. The number of hydrogen-bond acceptors (Lipinski definition) is 5. The summed E-state index contributed by atoms with van der Waals surface area (Å²) >= 11 is 1.84. The fourth-order valence-corrected chi connectivity index (χ4v) is 10.7. The normalized spacial score (nSPS) is 11.9. The summed E-state index contributed by atoms with van der Waals surface area (Å²) in [4.78, 5) is 20.1. The molecule has 6 heteroatoms. The van der Waals surface area contributed by atoms with E-state index in [0.717, 1.165) is 49.9 Å². The molecule has 63 heavy (non-hydrogen) atoms. The molecule has 0 bridgehead atoms. The monoisotopic (exact) mass is 821 g/mol. The average Bonchev–Trinajstić information content (AvgIpc) is 3.88. The number of nitrogens with zero attached hydrogens (tertiary/aromatic N) is 5. The Hall–Kier alpha value is -8.06. The van der Waals surface area contributed by atoms with E-state index in [2.05, 4.69) is 186 Å². The molecule has 0 N–H and O–H groups in total. The van der Waals surface area contributed by atoms with Gasteiger partial charge in [-0.1, -0.05) is 103 Å². The Morgan fingerprint density at radius 3 is 1.59 bits per heavy atom. The van der Waals surface area contributed by atoms with E-state index < -0.39 is 0 Å². The number of aromatic nitrogens is 5. The van der Waals surface area contributed by atoms with Crippen LogP contribution in [0.3, 0.4) is 0 Å². The Morgan fingerprint density at radius 2 is 0.889 bits per heavy atom. The number of rotatable bonds is 5. The van der Waals surface area contributed by atoms with Crippen molar-refractivity contribution < 1.29 is 0 Å². The van der Waals surface area contributed by atoms with Gasteiger partial charge in [-0.3, -0.25) is 4.98 Å². The van der Waals surface area contributed by atoms with Crippen LogP contribution in [-0.2, 0) is 0 Å². The van der Waals surface area contributed by atoms with Crippen LogP contribution in [0.1, 0.15) is 5.56 Å². The summed E-state index contributed by atoms with van der Waals surface area (Å²) in [7, 11) is 0. The standard InChI is InChI=1S/C57H35N5S/c1-34-17-21-40(22-18-34)62-51-16-7-6-15-45(51)48-30-38(19-23-52(48)62)56-59-55(37-10-8-9-36(29-37)35-25-27-58-28-26-35)60-57(61-56)39-20-24-53-49(31-39)50-32-46-43-13-4-2-11-41(43)42-12-3-5-14-44(42)47(46)33-54(50)63-53/h2-33H,1H3. The number of fused-ring (bicyclic) bond motifs is 12. The third kappa shape index (κ3) is 5.76. The van der Waals surface area contributed by atoms with Gasteiger partial charge in [0.2, 0.25) is 0 Å². The van der Waals surface area contributed by atoms with Crippen molar-refractivity contribution in [2.45, 2.75) is 6.92 Å². The SMILES string of the molecule is Cc1ccc(-n2c3ccccc3c3cc(-c4nc(-c5cccc(-c6ccncc6)c5)nc(-c5ccc6sc7cc8c9ccccc9c9ccccc9c8cc7c6c5)n4)ccc32)cc1. The van der Waals surface area contributed by atoms with Crippen LogP contribution >= 0.6 is 11.3 Å². The maximum absolute atomic E-state index is 5.30. The van der Waals surface area contributed by atoms with Crippen LogP contribution in [0.5, 0.6) is 0 Å². The Balaban J connectivity index is 1.02. The lowest BCUT2D eigenvalue weighted by atomic mass is 9.93. The summed E-state index contributed by atoms with van der Waals surface area (Å²) in [5, 5.41) is 12.4. The highest BCUT2D eigenvalue weighted by Crippen LogP contribution is 2.43. The van der Waals surface area contributed by atoms with Gasteiger partial charge in [-0.05, 0) is 135 Å². The molecule has 0 unspecified atom stereocenters. The number of hydrogen-bond donors (Lipinski definition) is 0. The van der Waals surface area contributed by atoms with Gasteiger partial charge in [0.1, 0.15) is 0 Å². The van der Waals surface area contributed by atoms with Gasteiger partial charge in [0.05, 0.1) is 11.0 Å². The van der Waals surface area contributed by atoms with Gasteiger partial charge < -0.3 is 4.57 Å². The smallest absolute Gasteiger partial charge is 0.164 e. The van der Waals surface area contributed by atoms with Crippen molar-refractivity contribution in [3.63, 3.8) is 0 Å². The van der Waals surface area contributed by atoms with Crippen LogP contribution in [0.4, 0.5) is 0 Å². The average molecular weight is 822 g/mol. The van der Waals surface area contributed by atoms with Gasteiger partial charge >= 0.3 is 0 Å². The first kappa shape index (κ1) is 35.7. The summed E-state index contributed by atoms with van der Waals surface area (Å²) in [5.41, 5.74) is 9.59. The number of benzene rings is 9. The molecule has 0 amide bonds. The third-order valence-electron chi connectivity index (χ3n) is 12.6. The van der Waals surface area contributed by atoms with E-state index in [4.69, 9.17) is 15.0 Å². The molecule has 294 valence electrons. The molecule has 4 heterocycles. The molecular weight excluding hydrogens is 787 g/mol. The zero-order valence-corrected chi connectivity index (χ0v) is 34.9.